The van der Waals surface area contributed by atoms with Crippen molar-refractivity contribution in [1.29, 1.82) is 0 Å². The van der Waals surface area contributed by atoms with Gasteiger partial charge in [-0.05, 0) is 41.8 Å². The predicted octanol–water partition coefficient (Wildman–Crippen LogP) is 4.88. The molecule has 8 heteroatoms. The number of nitrogens with one attached hydrogen (secondary N) is 1. The molecule has 0 aromatic heterocycles. The van der Waals surface area contributed by atoms with Crippen molar-refractivity contribution in [2.75, 3.05) is 24.0 Å². The molecule has 0 radical (unpaired) electrons. The molecule has 4 aromatic carbocycles. The molecule has 4 aromatic rings. The van der Waals surface area contributed by atoms with Crippen LogP contribution in [-0.2, 0) is 14.8 Å². The topological polar surface area (TPSA) is 75.7 Å². The zero-order valence-electron chi connectivity index (χ0n) is 18.2. The zero-order chi connectivity index (χ0) is 24.0. The molecule has 0 fully saturated rings. The van der Waals surface area contributed by atoms with Crippen molar-refractivity contribution in [2.45, 2.75) is 4.90 Å². The van der Waals surface area contributed by atoms with E-state index in [1.54, 1.807) is 36.4 Å². The predicted molar refractivity (Wildman–Crippen MR) is 135 cm³/mol. The molecule has 0 heterocycles. The first-order chi connectivity index (χ1) is 16.4. The summed E-state index contributed by atoms with van der Waals surface area (Å²) in [5, 5.41) is 5.15. The minimum atomic E-state index is -3.98. The van der Waals surface area contributed by atoms with E-state index in [1.165, 1.54) is 18.2 Å². The summed E-state index contributed by atoms with van der Waals surface area (Å²) in [6, 6.07) is 28.0. The Morgan fingerprint density at radius 3 is 2.38 bits per heavy atom. The molecule has 0 spiro atoms. The molecule has 1 amide bonds. The lowest BCUT2D eigenvalue weighted by Gasteiger charge is -2.24. The molecule has 0 saturated heterocycles. The fraction of sp³-hybridized carbons (Fsp3) is 0.115. The number of amides is 1. The fourth-order valence-electron chi connectivity index (χ4n) is 3.53. The standard InChI is InChI=1S/C26H23ClN2O4S/c27-21-10-7-11-22(18-21)29(34(31,32)23-12-2-1-3-13-23)19-26(30)28-16-17-33-25-15-6-9-20-8-4-5-14-24(20)25/h1-15,18H,16-17,19H2,(H,28,30). The average Bonchev–Trinajstić information content (AvgIpc) is 2.85. The normalized spacial score (nSPS) is 11.2. The molecule has 0 bridgehead atoms. The highest BCUT2D eigenvalue weighted by molar-refractivity contribution is 7.92. The number of carbonyl (C=O) groups is 1. The highest BCUT2D eigenvalue weighted by atomic mass is 35.5. The van der Waals surface area contributed by atoms with Crippen molar-refractivity contribution in [3.8, 4) is 5.75 Å². The third-order valence-electron chi connectivity index (χ3n) is 5.15. The van der Waals surface area contributed by atoms with Gasteiger partial charge in [-0.1, -0.05) is 72.3 Å². The van der Waals surface area contributed by atoms with E-state index in [9.17, 15) is 13.2 Å². The molecule has 1 N–H and O–H groups in total. The van der Waals surface area contributed by atoms with Crippen LogP contribution < -0.4 is 14.4 Å². The molecule has 0 aliphatic rings. The lowest BCUT2D eigenvalue weighted by Crippen LogP contribution is -2.41. The van der Waals surface area contributed by atoms with E-state index in [2.05, 4.69) is 5.32 Å². The van der Waals surface area contributed by atoms with Crippen LogP contribution >= 0.6 is 11.6 Å². The van der Waals surface area contributed by atoms with E-state index in [1.807, 2.05) is 42.5 Å². The van der Waals surface area contributed by atoms with E-state index < -0.39 is 22.5 Å². The molecule has 34 heavy (non-hydrogen) atoms. The first kappa shape index (κ1) is 23.6. The average molecular weight is 495 g/mol. The molecule has 6 nitrogen and oxygen atoms in total. The molecule has 174 valence electrons. The van der Waals surface area contributed by atoms with E-state index in [0.29, 0.717) is 10.7 Å². The van der Waals surface area contributed by atoms with E-state index in [4.69, 9.17) is 16.3 Å². The first-order valence-electron chi connectivity index (χ1n) is 10.7. The molecular weight excluding hydrogens is 472 g/mol. The summed E-state index contributed by atoms with van der Waals surface area (Å²) >= 11 is 6.09. The maximum absolute atomic E-state index is 13.3. The second-order valence-electron chi connectivity index (χ2n) is 7.48. The summed E-state index contributed by atoms with van der Waals surface area (Å²) in [6.45, 7) is 0.0605. The van der Waals surface area contributed by atoms with Crippen LogP contribution in [0.3, 0.4) is 0 Å². The Hall–Kier alpha value is -3.55. The Bertz CT molecular complexity index is 1390. The minimum Gasteiger partial charge on any atom is -0.491 e. The van der Waals surface area contributed by atoms with Gasteiger partial charge in [0.1, 0.15) is 18.9 Å². The van der Waals surface area contributed by atoms with Crippen molar-refractivity contribution >= 4 is 44.0 Å². The Kier molecular flexibility index (Phi) is 7.35. The van der Waals surface area contributed by atoms with Gasteiger partial charge in [0.05, 0.1) is 17.1 Å². The van der Waals surface area contributed by atoms with Gasteiger partial charge in [-0.2, -0.15) is 0 Å². The van der Waals surface area contributed by atoms with Crippen LogP contribution in [0.5, 0.6) is 5.75 Å². The van der Waals surface area contributed by atoms with Crippen molar-refractivity contribution in [3.05, 3.63) is 102 Å². The first-order valence-corrected chi connectivity index (χ1v) is 12.5. The van der Waals surface area contributed by atoms with Crippen LogP contribution in [0.4, 0.5) is 5.69 Å². The van der Waals surface area contributed by atoms with Gasteiger partial charge in [-0.25, -0.2) is 8.42 Å². The van der Waals surface area contributed by atoms with Crippen LogP contribution in [0.15, 0.2) is 102 Å². The van der Waals surface area contributed by atoms with Crippen LogP contribution in [0.2, 0.25) is 5.02 Å². The molecule has 0 atom stereocenters. The minimum absolute atomic E-state index is 0.0852. The van der Waals surface area contributed by atoms with Gasteiger partial charge in [0.15, 0.2) is 0 Å². The van der Waals surface area contributed by atoms with Gasteiger partial charge in [0.25, 0.3) is 10.0 Å². The molecule has 0 aliphatic heterocycles. The number of hydrogen-bond acceptors (Lipinski definition) is 4. The van der Waals surface area contributed by atoms with E-state index in [-0.39, 0.29) is 18.0 Å². The Morgan fingerprint density at radius 2 is 1.59 bits per heavy atom. The molecule has 0 unspecified atom stereocenters. The van der Waals surface area contributed by atoms with Crippen LogP contribution in [0.1, 0.15) is 0 Å². The second-order valence-corrected chi connectivity index (χ2v) is 9.78. The highest BCUT2D eigenvalue weighted by Gasteiger charge is 2.27. The lowest BCUT2D eigenvalue weighted by molar-refractivity contribution is -0.119. The SMILES string of the molecule is O=C(CN(c1cccc(Cl)c1)S(=O)(=O)c1ccccc1)NCCOc1cccc2ccccc12. The Morgan fingerprint density at radius 1 is 0.882 bits per heavy atom. The van der Waals surface area contributed by atoms with Crippen molar-refractivity contribution in [3.63, 3.8) is 0 Å². The highest BCUT2D eigenvalue weighted by Crippen LogP contribution is 2.26. The van der Waals surface area contributed by atoms with Crippen molar-refractivity contribution in [1.82, 2.24) is 5.32 Å². The molecule has 0 saturated carbocycles. The summed E-state index contributed by atoms with van der Waals surface area (Å²) in [5.74, 6) is 0.264. The van der Waals surface area contributed by atoms with Crippen LogP contribution in [-0.4, -0.2) is 34.0 Å². The number of rotatable bonds is 9. The third-order valence-corrected chi connectivity index (χ3v) is 7.17. The van der Waals surface area contributed by atoms with Gasteiger partial charge >= 0.3 is 0 Å². The number of benzene rings is 4. The van der Waals surface area contributed by atoms with Gasteiger partial charge in [0.2, 0.25) is 5.91 Å². The van der Waals surface area contributed by atoms with Gasteiger partial charge < -0.3 is 10.1 Å². The number of hydrogen-bond donors (Lipinski definition) is 1. The Balaban J connectivity index is 1.44. The Labute approximate surface area is 203 Å². The fourth-order valence-corrected chi connectivity index (χ4v) is 5.14. The largest absolute Gasteiger partial charge is 0.491 e. The van der Waals surface area contributed by atoms with Crippen LogP contribution in [0, 0.1) is 0 Å². The molecule has 4 rings (SSSR count). The number of fused-ring (bicyclic) bond motifs is 1. The lowest BCUT2D eigenvalue weighted by atomic mass is 10.1. The van der Waals surface area contributed by atoms with E-state index in [0.717, 1.165) is 20.8 Å². The molecular formula is C26H23ClN2O4S. The van der Waals surface area contributed by atoms with Crippen molar-refractivity contribution < 1.29 is 17.9 Å². The quantitative estimate of drug-likeness (QED) is 0.336. The smallest absolute Gasteiger partial charge is 0.264 e. The zero-order valence-corrected chi connectivity index (χ0v) is 19.8. The monoisotopic (exact) mass is 494 g/mol. The maximum atomic E-state index is 13.3. The van der Waals surface area contributed by atoms with E-state index >= 15 is 0 Å². The van der Waals surface area contributed by atoms with Gasteiger partial charge in [-0.3, -0.25) is 9.10 Å². The summed E-state index contributed by atoms with van der Waals surface area (Å²) in [7, 11) is -3.98. The third kappa shape index (κ3) is 5.50. The van der Waals surface area contributed by atoms with Gasteiger partial charge in [-0.15, -0.1) is 0 Å². The summed E-state index contributed by atoms with van der Waals surface area (Å²) in [6.07, 6.45) is 0. The number of nitrogens with zero attached hydrogens (tertiary/aromatic N) is 1. The molecule has 0 aliphatic carbocycles. The number of sulfonamides is 1. The summed E-state index contributed by atoms with van der Waals surface area (Å²) < 4.78 is 33.5. The number of ether oxygens (including phenoxy) is 1. The summed E-state index contributed by atoms with van der Waals surface area (Å²) in [4.78, 5) is 12.8. The second kappa shape index (κ2) is 10.6. The maximum Gasteiger partial charge on any atom is 0.264 e. The summed E-state index contributed by atoms with van der Waals surface area (Å²) in [5.41, 5.74) is 0.304. The van der Waals surface area contributed by atoms with Crippen LogP contribution in [0.25, 0.3) is 10.8 Å². The number of carbonyl (C=O) groups excluding carboxylic acids is 1. The number of anilines is 1. The number of halogens is 1. The van der Waals surface area contributed by atoms with Crippen molar-refractivity contribution in [2.24, 2.45) is 0 Å². The van der Waals surface area contributed by atoms with Gasteiger partial charge in [0, 0.05) is 10.4 Å².